The Kier molecular flexibility index (Phi) is 18.9. The predicted molar refractivity (Wildman–Crippen MR) is 309 cm³/mol. The zero-order chi connectivity index (χ0) is 56.5. The molecule has 79 heavy (non-hydrogen) atoms. The lowest BCUT2D eigenvalue weighted by molar-refractivity contribution is -0.122. The van der Waals surface area contributed by atoms with Crippen LogP contribution >= 0.6 is 0 Å². The van der Waals surface area contributed by atoms with Crippen molar-refractivity contribution in [3.05, 3.63) is 107 Å². The molecule has 2 fully saturated rings. The van der Waals surface area contributed by atoms with Gasteiger partial charge in [0.05, 0.1) is 17.1 Å². The molecule has 426 valence electrons. The van der Waals surface area contributed by atoms with E-state index >= 15 is 0 Å². The number of benzene rings is 1. The number of hydrogen-bond donors (Lipinski definition) is 7. The van der Waals surface area contributed by atoms with Gasteiger partial charge in [0.1, 0.15) is 28.3 Å². The minimum absolute atomic E-state index is 0.107. The molecule has 3 aliphatic rings. The van der Waals surface area contributed by atoms with Gasteiger partial charge in [0, 0.05) is 141 Å². The number of carbonyl (C=O) groups is 6. The quantitative estimate of drug-likeness (QED) is 0.0411. The zero-order valence-electron chi connectivity index (χ0n) is 47.5. The summed E-state index contributed by atoms with van der Waals surface area (Å²) in [5.74, 6) is -1.66. The van der Waals surface area contributed by atoms with E-state index in [1.54, 1.807) is 90.5 Å². The molecule has 3 aliphatic heterocycles. The lowest BCUT2D eigenvalue weighted by Gasteiger charge is -2.32. The van der Waals surface area contributed by atoms with E-state index in [4.69, 9.17) is 5.73 Å². The number of primary amides is 1. The molecule has 6 amide bonds. The first kappa shape index (κ1) is 58.0. The summed E-state index contributed by atoms with van der Waals surface area (Å²) < 4.78 is 7.05. The van der Waals surface area contributed by atoms with E-state index in [2.05, 4.69) is 93.3 Å². The Morgan fingerprint density at radius 1 is 0.544 bits per heavy atom. The number of nitrogens with one attached hydrogen (secondary N) is 6. The number of piperazine rings is 2. The highest BCUT2D eigenvalue weighted by molar-refractivity contribution is 6.08. The first-order valence-electron chi connectivity index (χ1n) is 28.0. The minimum atomic E-state index is -1.44. The van der Waals surface area contributed by atoms with Crippen molar-refractivity contribution in [3.63, 3.8) is 0 Å². The number of carbonyl (C=O) groups excluding carboxylic acids is 6. The number of aryl methyl sites for hydroxylation is 4. The molecule has 0 radical (unpaired) electrons. The fourth-order valence-corrected chi connectivity index (χ4v) is 10.5. The highest BCUT2D eigenvalue weighted by Crippen LogP contribution is 2.41. The molecular weight excluding hydrogens is 1000 g/mol. The molecule has 0 bridgehead atoms. The second kappa shape index (κ2) is 25.7. The van der Waals surface area contributed by atoms with E-state index in [1.165, 1.54) is 0 Å². The first-order valence-corrected chi connectivity index (χ1v) is 28.0. The van der Waals surface area contributed by atoms with Crippen LogP contribution in [0, 0.1) is 11.8 Å². The second-order valence-electron chi connectivity index (χ2n) is 22.7. The molecule has 2 saturated heterocycles. The Morgan fingerprint density at radius 2 is 1.00 bits per heavy atom. The van der Waals surface area contributed by atoms with E-state index < -0.39 is 29.2 Å². The third-order valence-corrected chi connectivity index (χ3v) is 15.6. The Hall–Kier alpha value is -7.20. The van der Waals surface area contributed by atoms with Crippen LogP contribution in [0.1, 0.15) is 117 Å². The third kappa shape index (κ3) is 14.5. The summed E-state index contributed by atoms with van der Waals surface area (Å²) in [5, 5.41) is 18.3. The topological polar surface area (TPSA) is 233 Å². The van der Waals surface area contributed by atoms with E-state index in [-0.39, 0.29) is 18.2 Å². The molecule has 21 heteroatoms. The molecule has 1 atom stereocenters. The van der Waals surface area contributed by atoms with Gasteiger partial charge in [0.25, 0.3) is 29.5 Å². The summed E-state index contributed by atoms with van der Waals surface area (Å²) in [6, 6.07) is 11.8. The van der Waals surface area contributed by atoms with Gasteiger partial charge in [-0.25, -0.2) is 0 Å². The number of fused-ring (bicyclic) bond motifs is 1. The van der Waals surface area contributed by atoms with Crippen molar-refractivity contribution >= 4 is 58.2 Å². The van der Waals surface area contributed by atoms with Gasteiger partial charge < -0.3 is 75.5 Å². The SMILES string of the molecule is CC(C)CCn1cc(NC(=O)c2ccc3c(c2)CC(C(N)=O)(c2cc(C(=O)Nc4cc(C(=O)NCCCN5CCN(C)CC5)n(C)c4)n(CCC(C)C)c2)N3)cc1C(=O)Nc1cc(C(=O)NCCCN2CCN(C)CC2)n(C)c1. The maximum Gasteiger partial charge on any atom is 0.272 e. The van der Waals surface area contributed by atoms with Crippen molar-refractivity contribution in [1.29, 1.82) is 0 Å². The van der Waals surface area contributed by atoms with Crippen LogP contribution in [-0.2, 0) is 43.9 Å². The van der Waals surface area contributed by atoms with E-state index in [1.807, 2.05) is 9.13 Å². The van der Waals surface area contributed by atoms with Crippen LogP contribution in [0.2, 0.25) is 0 Å². The molecule has 8 N–H and O–H groups in total. The van der Waals surface area contributed by atoms with Crippen molar-refractivity contribution in [2.75, 3.05) is 114 Å². The summed E-state index contributed by atoms with van der Waals surface area (Å²) >= 11 is 0. The van der Waals surface area contributed by atoms with Crippen molar-refractivity contribution < 1.29 is 28.8 Å². The van der Waals surface area contributed by atoms with Crippen LogP contribution in [0.3, 0.4) is 0 Å². The fraction of sp³-hybridized carbons (Fsp3) is 0.517. The number of anilines is 4. The molecule has 5 aromatic rings. The van der Waals surface area contributed by atoms with E-state index in [0.29, 0.717) is 100 Å². The number of amides is 6. The Bertz CT molecular complexity index is 2980. The second-order valence-corrected chi connectivity index (χ2v) is 22.7. The summed E-state index contributed by atoms with van der Waals surface area (Å²) in [5.41, 5.74) is 9.78. The Morgan fingerprint density at radius 3 is 1.49 bits per heavy atom. The van der Waals surface area contributed by atoms with Crippen LogP contribution in [0.15, 0.2) is 67.3 Å². The smallest absolute Gasteiger partial charge is 0.272 e. The van der Waals surface area contributed by atoms with E-state index in [9.17, 15) is 28.8 Å². The van der Waals surface area contributed by atoms with Gasteiger partial charge in [-0.3, -0.25) is 28.8 Å². The molecule has 0 aliphatic carbocycles. The maximum absolute atomic E-state index is 14.2. The van der Waals surface area contributed by atoms with Gasteiger partial charge in [-0.15, -0.1) is 0 Å². The number of hydrogen-bond acceptors (Lipinski definition) is 11. The van der Waals surface area contributed by atoms with Crippen molar-refractivity contribution in [3.8, 4) is 0 Å². The van der Waals surface area contributed by atoms with Gasteiger partial charge in [-0.2, -0.15) is 0 Å². The number of aromatic nitrogens is 4. The molecule has 21 nitrogen and oxygen atoms in total. The highest BCUT2D eigenvalue weighted by Gasteiger charge is 2.45. The Labute approximate surface area is 464 Å². The van der Waals surface area contributed by atoms with Crippen LogP contribution in [0.4, 0.5) is 22.7 Å². The van der Waals surface area contributed by atoms with E-state index in [0.717, 1.165) is 91.1 Å². The molecule has 7 heterocycles. The minimum Gasteiger partial charge on any atom is -0.367 e. The summed E-state index contributed by atoms with van der Waals surface area (Å²) in [4.78, 5) is 91.8. The number of likely N-dealkylation sites (N-methyl/N-ethyl adjacent to an activating group) is 2. The monoisotopic (exact) mass is 1090 g/mol. The predicted octanol–water partition coefficient (Wildman–Crippen LogP) is 4.90. The molecule has 1 unspecified atom stereocenters. The molecule has 1 aromatic carbocycles. The summed E-state index contributed by atoms with van der Waals surface area (Å²) in [7, 11) is 7.79. The van der Waals surface area contributed by atoms with Gasteiger partial charge in [-0.1, -0.05) is 27.7 Å². The largest absolute Gasteiger partial charge is 0.367 e. The average Bonchev–Trinajstić information content (AvgIpc) is 4.41. The van der Waals surface area contributed by atoms with Gasteiger partial charge >= 0.3 is 0 Å². The first-order chi connectivity index (χ1) is 37.7. The van der Waals surface area contributed by atoms with Crippen molar-refractivity contribution in [2.24, 2.45) is 31.7 Å². The molecule has 0 spiro atoms. The van der Waals surface area contributed by atoms with Crippen LogP contribution in [0.25, 0.3) is 0 Å². The summed E-state index contributed by atoms with van der Waals surface area (Å²) in [6.07, 6.45) is 10.3. The maximum atomic E-state index is 14.2. The highest BCUT2D eigenvalue weighted by atomic mass is 16.2. The van der Waals surface area contributed by atoms with Gasteiger partial charge in [-0.05, 0) is 113 Å². The standard InChI is InChI=1S/C58H83N15O6/c1-39(2)13-19-72-35-43(30-50(72)55(77)63-44-31-48(68(7)36-44)53(75)60-15-9-17-70-25-21-66(5)22-26-70)58(57(59)79)34-42-29-41(11-12-47(42)65-58)52(74)62-46-33-51(73(38-46)20-14-40(3)4)56(78)64-45-32-49(69(8)37-45)54(76)61-16-10-18-71-27-23-67(6)24-28-71/h11-12,29-33,35-40,65H,9-10,13-28,34H2,1-8H3,(H2,59,79)(H,60,75)(H,61,76)(H,62,74)(H,63,77)(H,64,78). The summed E-state index contributed by atoms with van der Waals surface area (Å²) in [6.45, 7) is 20.6. The van der Waals surface area contributed by atoms with Crippen molar-refractivity contribution in [1.82, 2.24) is 48.5 Å². The lowest BCUT2D eigenvalue weighted by atomic mass is 9.87. The number of nitrogens with two attached hydrogens (primary N) is 1. The molecule has 0 saturated carbocycles. The van der Waals surface area contributed by atoms with Crippen LogP contribution < -0.4 is 37.6 Å². The Balaban J connectivity index is 0.916. The molecule has 8 rings (SSSR count). The van der Waals surface area contributed by atoms with Crippen molar-refractivity contribution in [2.45, 2.75) is 78.4 Å². The number of nitrogens with zero attached hydrogens (tertiary/aromatic N) is 8. The normalized spacial score (nSPS) is 17.2. The van der Waals surface area contributed by atoms with Gasteiger partial charge in [0.15, 0.2) is 0 Å². The number of rotatable bonds is 24. The fourth-order valence-electron chi connectivity index (χ4n) is 10.5. The third-order valence-electron chi connectivity index (χ3n) is 15.6. The molecular formula is C58H83N15O6. The zero-order valence-corrected chi connectivity index (χ0v) is 47.5. The lowest BCUT2D eigenvalue weighted by Crippen LogP contribution is -2.46. The van der Waals surface area contributed by atoms with Crippen LogP contribution in [0.5, 0.6) is 0 Å². The van der Waals surface area contributed by atoms with Gasteiger partial charge in [0.2, 0.25) is 5.91 Å². The molecule has 4 aromatic heterocycles. The average molecular weight is 1090 g/mol. The van der Waals surface area contributed by atoms with Crippen LogP contribution in [-0.4, -0.2) is 166 Å².